The third-order valence-electron chi connectivity index (χ3n) is 3.78. The van der Waals surface area contributed by atoms with Crippen LogP contribution in [0.2, 0.25) is 0 Å². The Labute approximate surface area is 80.2 Å². The number of hydrogen-bond donors (Lipinski definition) is 0. The van der Waals surface area contributed by atoms with E-state index in [1.165, 1.54) is 12.8 Å². The molecular weight excluding hydrogens is 160 g/mol. The van der Waals surface area contributed by atoms with Crippen molar-refractivity contribution in [2.24, 2.45) is 23.2 Å². The molecular formula is C12H18O. The Bertz CT molecular complexity index is 266. The van der Waals surface area contributed by atoms with Crippen molar-refractivity contribution in [2.75, 3.05) is 0 Å². The zero-order chi connectivity index (χ0) is 9.64. The molecule has 0 amide bonds. The molecule has 0 aliphatic heterocycles. The Kier molecular flexibility index (Phi) is 1.86. The topological polar surface area (TPSA) is 17.1 Å². The highest BCUT2D eigenvalue weighted by atomic mass is 16.1. The molecule has 0 aromatic heterocycles. The van der Waals surface area contributed by atoms with E-state index >= 15 is 0 Å². The molecule has 1 saturated carbocycles. The summed E-state index contributed by atoms with van der Waals surface area (Å²) < 4.78 is 0. The van der Waals surface area contributed by atoms with E-state index in [2.05, 4.69) is 26.8 Å². The largest absolute Gasteiger partial charge is 0.295 e. The van der Waals surface area contributed by atoms with Crippen LogP contribution in [-0.4, -0.2) is 5.78 Å². The number of carbonyl (C=O) groups is 1. The number of carbonyl (C=O) groups excluding carboxylic acids is 1. The molecule has 13 heavy (non-hydrogen) atoms. The molecule has 0 spiro atoms. The van der Waals surface area contributed by atoms with E-state index in [4.69, 9.17) is 0 Å². The lowest BCUT2D eigenvalue weighted by atomic mass is 9.61. The zero-order valence-electron chi connectivity index (χ0n) is 8.71. The number of ketones is 1. The van der Waals surface area contributed by atoms with Gasteiger partial charge in [-0.25, -0.2) is 0 Å². The Morgan fingerprint density at radius 1 is 1.46 bits per heavy atom. The van der Waals surface area contributed by atoms with Crippen LogP contribution >= 0.6 is 0 Å². The van der Waals surface area contributed by atoms with Gasteiger partial charge in [0.1, 0.15) is 0 Å². The van der Waals surface area contributed by atoms with Crippen LogP contribution in [0, 0.1) is 23.2 Å². The summed E-state index contributed by atoms with van der Waals surface area (Å²) in [6.07, 6.45) is 6.35. The molecule has 0 radical (unpaired) electrons. The highest BCUT2D eigenvalue weighted by molar-refractivity contribution is 5.95. The molecule has 0 unspecified atom stereocenters. The molecule has 0 bridgehead atoms. The fourth-order valence-corrected chi connectivity index (χ4v) is 3.54. The van der Waals surface area contributed by atoms with Gasteiger partial charge in [0, 0.05) is 5.92 Å². The minimum Gasteiger partial charge on any atom is -0.295 e. The fraction of sp³-hybridized carbons (Fsp3) is 0.750. The van der Waals surface area contributed by atoms with E-state index in [9.17, 15) is 4.79 Å². The first kappa shape index (κ1) is 8.98. The Morgan fingerprint density at radius 3 is 2.85 bits per heavy atom. The first-order valence-corrected chi connectivity index (χ1v) is 5.26. The van der Waals surface area contributed by atoms with Gasteiger partial charge in [0.15, 0.2) is 5.78 Å². The lowest BCUT2D eigenvalue weighted by molar-refractivity contribution is -0.123. The Hall–Kier alpha value is -0.590. The van der Waals surface area contributed by atoms with E-state index in [0.29, 0.717) is 11.7 Å². The Balaban J connectivity index is 2.31. The van der Waals surface area contributed by atoms with Crippen LogP contribution in [0.15, 0.2) is 12.2 Å². The average molecular weight is 178 g/mol. The second kappa shape index (κ2) is 2.70. The highest BCUT2D eigenvalue weighted by Crippen LogP contribution is 2.50. The molecule has 1 nitrogen and oxygen atoms in total. The SMILES string of the molecule is C[C@@H]1C[C@H](C)[C@H]2C(=O)C=C[C@]2(C)C1. The summed E-state index contributed by atoms with van der Waals surface area (Å²) in [5.41, 5.74) is 0.175. The number of hydrogen-bond acceptors (Lipinski definition) is 1. The maximum atomic E-state index is 11.6. The van der Waals surface area contributed by atoms with Crippen molar-refractivity contribution >= 4 is 5.78 Å². The average Bonchev–Trinajstić information content (AvgIpc) is 2.26. The zero-order valence-corrected chi connectivity index (χ0v) is 8.71. The summed E-state index contributed by atoms with van der Waals surface area (Å²) in [6, 6.07) is 0. The van der Waals surface area contributed by atoms with Crippen LogP contribution < -0.4 is 0 Å². The first-order chi connectivity index (χ1) is 6.03. The van der Waals surface area contributed by atoms with Gasteiger partial charge in [0.05, 0.1) is 0 Å². The van der Waals surface area contributed by atoms with Crippen LogP contribution in [0.25, 0.3) is 0 Å². The number of rotatable bonds is 0. The lowest BCUT2D eigenvalue weighted by Crippen LogP contribution is -2.38. The summed E-state index contributed by atoms with van der Waals surface area (Å²) in [4.78, 5) is 11.6. The minimum absolute atomic E-state index is 0.175. The summed E-state index contributed by atoms with van der Waals surface area (Å²) >= 11 is 0. The van der Waals surface area contributed by atoms with Gasteiger partial charge >= 0.3 is 0 Å². The van der Waals surface area contributed by atoms with Gasteiger partial charge in [-0.15, -0.1) is 0 Å². The molecule has 1 fully saturated rings. The van der Waals surface area contributed by atoms with Crippen LogP contribution in [0.5, 0.6) is 0 Å². The minimum atomic E-state index is 0.175. The fourth-order valence-electron chi connectivity index (χ4n) is 3.54. The first-order valence-electron chi connectivity index (χ1n) is 5.26. The van der Waals surface area contributed by atoms with Crippen molar-refractivity contribution in [3.63, 3.8) is 0 Å². The van der Waals surface area contributed by atoms with Gasteiger partial charge in [-0.3, -0.25) is 4.79 Å². The molecule has 72 valence electrons. The second-order valence-electron chi connectivity index (χ2n) is 5.24. The molecule has 1 heteroatoms. The predicted molar refractivity (Wildman–Crippen MR) is 53.3 cm³/mol. The highest BCUT2D eigenvalue weighted by Gasteiger charge is 2.47. The molecule has 2 aliphatic carbocycles. The monoisotopic (exact) mass is 178 g/mol. The third-order valence-corrected chi connectivity index (χ3v) is 3.78. The lowest BCUT2D eigenvalue weighted by Gasteiger charge is -2.42. The summed E-state index contributed by atoms with van der Waals surface area (Å²) in [7, 11) is 0. The second-order valence-corrected chi connectivity index (χ2v) is 5.24. The van der Waals surface area contributed by atoms with Crippen LogP contribution in [0.3, 0.4) is 0 Å². The van der Waals surface area contributed by atoms with Gasteiger partial charge < -0.3 is 0 Å². The van der Waals surface area contributed by atoms with Gasteiger partial charge in [-0.2, -0.15) is 0 Å². The number of allylic oxidation sites excluding steroid dienone is 2. The predicted octanol–water partition coefficient (Wildman–Crippen LogP) is 2.81. The van der Waals surface area contributed by atoms with E-state index in [-0.39, 0.29) is 11.3 Å². The van der Waals surface area contributed by atoms with Crippen LogP contribution in [0.1, 0.15) is 33.6 Å². The standard InChI is InChI=1S/C12H18O/c1-8-6-9(2)11-10(13)4-5-12(11,3)7-8/h4-5,8-9,11H,6-7H2,1-3H3/t8-,9+,11+,12-/m1/s1. The van der Waals surface area contributed by atoms with Crippen molar-refractivity contribution in [2.45, 2.75) is 33.6 Å². The van der Waals surface area contributed by atoms with Gasteiger partial charge in [-0.05, 0) is 36.2 Å². The number of fused-ring (bicyclic) bond motifs is 1. The summed E-state index contributed by atoms with van der Waals surface area (Å²) in [5, 5.41) is 0. The van der Waals surface area contributed by atoms with Crippen molar-refractivity contribution in [1.82, 2.24) is 0 Å². The molecule has 0 saturated heterocycles. The molecule has 2 aliphatic rings. The smallest absolute Gasteiger partial charge is 0.159 e. The third kappa shape index (κ3) is 1.25. The van der Waals surface area contributed by atoms with Gasteiger partial charge in [-0.1, -0.05) is 26.8 Å². The van der Waals surface area contributed by atoms with E-state index < -0.39 is 0 Å². The van der Waals surface area contributed by atoms with E-state index in [1.54, 1.807) is 6.08 Å². The molecule has 0 aromatic carbocycles. The summed E-state index contributed by atoms with van der Waals surface area (Å²) in [5.74, 6) is 1.98. The molecule has 2 rings (SSSR count). The van der Waals surface area contributed by atoms with E-state index in [1.807, 2.05) is 0 Å². The van der Waals surface area contributed by atoms with Gasteiger partial charge in [0.25, 0.3) is 0 Å². The maximum absolute atomic E-state index is 11.6. The molecule has 0 heterocycles. The van der Waals surface area contributed by atoms with Crippen LogP contribution in [-0.2, 0) is 4.79 Å². The maximum Gasteiger partial charge on any atom is 0.159 e. The Morgan fingerprint density at radius 2 is 2.15 bits per heavy atom. The molecule has 0 aromatic rings. The quantitative estimate of drug-likeness (QED) is 0.557. The molecule has 0 N–H and O–H groups in total. The molecule has 4 atom stereocenters. The summed E-state index contributed by atoms with van der Waals surface area (Å²) in [6.45, 7) is 6.77. The van der Waals surface area contributed by atoms with E-state index in [0.717, 1.165) is 5.92 Å². The van der Waals surface area contributed by atoms with Crippen molar-refractivity contribution in [3.05, 3.63) is 12.2 Å². The van der Waals surface area contributed by atoms with Crippen molar-refractivity contribution < 1.29 is 4.79 Å². The van der Waals surface area contributed by atoms with Gasteiger partial charge in [0.2, 0.25) is 0 Å². The van der Waals surface area contributed by atoms with Crippen molar-refractivity contribution in [1.29, 1.82) is 0 Å². The normalized spacial score (nSPS) is 49.5. The van der Waals surface area contributed by atoms with Crippen molar-refractivity contribution in [3.8, 4) is 0 Å². The van der Waals surface area contributed by atoms with Crippen LogP contribution in [0.4, 0.5) is 0 Å².